The molecule has 3 saturated heterocycles. The summed E-state index contributed by atoms with van der Waals surface area (Å²) in [4.78, 5) is 2.73. The molecule has 2 unspecified atom stereocenters. The fraction of sp³-hybridized carbons (Fsp3) is 1.00. The van der Waals surface area contributed by atoms with Crippen LogP contribution in [-0.4, -0.2) is 50.7 Å². The van der Waals surface area contributed by atoms with E-state index in [-0.39, 0.29) is 0 Å². The highest BCUT2D eigenvalue weighted by atomic mass is 15.2. The van der Waals surface area contributed by atoms with E-state index in [1.165, 1.54) is 58.7 Å². The van der Waals surface area contributed by atoms with Crippen LogP contribution in [0.15, 0.2) is 0 Å². The summed E-state index contributed by atoms with van der Waals surface area (Å²) < 4.78 is 0. The van der Waals surface area contributed by atoms with Crippen molar-refractivity contribution in [3.63, 3.8) is 0 Å². The molecule has 3 aliphatic heterocycles. The van der Waals surface area contributed by atoms with Crippen molar-refractivity contribution in [1.82, 2.24) is 15.5 Å². The Labute approximate surface area is 106 Å². The predicted molar refractivity (Wildman–Crippen MR) is 73.2 cm³/mol. The maximum atomic E-state index is 3.51. The molecule has 0 spiro atoms. The van der Waals surface area contributed by atoms with Gasteiger partial charge in [0, 0.05) is 19.6 Å². The number of fused-ring (bicyclic) bond motifs is 1. The first-order chi connectivity index (χ1) is 8.42. The molecule has 0 amide bonds. The molecule has 0 bridgehead atoms. The van der Waals surface area contributed by atoms with Crippen LogP contribution < -0.4 is 10.6 Å². The van der Waals surface area contributed by atoms with Crippen molar-refractivity contribution in [1.29, 1.82) is 0 Å². The number of likely N-dealkylation sites (tertiary alicyclic amines) is 1. The zero-order valence-electron chi connectivity index (χ0n) is 11.5. The molecular weight excluding hydrogens is 210 g/mol. The summed E-state index contributed by atoms with van der Waals surface area (Å²) in [6.07, 6.45) is 2.79. The van der Waals surface area contributed by atoms with Crippen molar-refractivity contribution in [2.75, 3.05) is 45.8 Å². The van der Waals surface area contributed by atoms with Gasteiger partial charge in [-0.15, -0.1) is 0 Å². The van der Waals surface area contributed by atoms with Crippen molar-refractivity contribution in [3.8, 4) is 0 Å². The maximum Gasteiger partial charge on any atom is 0.00257 e. The highest BCUT2D eigenvalue weighted by molar-refractivity contribution is 4.91. The number of rotatable bonds is 2. The fourth-order valence-electron chi connectivity index (χ4n) is 3.53. The minimum absolute atomic E-state index is 0.965. The molecule has 0 radical (unpaired) electrons. The summed E-state index contributed by atoms with van der Waals surface area (Å²) in [5.74, 6) is 2.90. The Balaban J connectivity index is 0.000000514. The Morgan fingerprint density at radius 2 is 1.53 bits per heavy atom. The van der Waals surface area contributed by atoms with Crippen LogP contribution in [0.5, 0.6) is 0 Å². The maximum absolute atomic E-state index is 3.51. The smallest absolute Gasteiger partial charge is 0.00257 e. The van der Waals surface area contributed by atoms with Gasteiger partial charge in [0.25, 0.3) is 0 Å². The first-order valence-electron chi connectivity index (χ1n) is 7.55. The number of hydrogen-bond donors (Lipinski definition) is 2. The molecule has 0 aliphatic carbocycles. The van der Waals surface area contributed by atoms with E-state index < -0.39 is 0 Å². The van der Waals surface area contributed by atoms with Gasteiger partial charge in [0.15, 0.2) is 0 Å². The van der Waals surface area contributed by atoms with Gasteiger partial charge in [-0.1, -0.05) is 13.8 Å². The Morgan fingerprint density at radius 1 is 0.941 bits per heavy atom. The van der Waals surface area contributed by atoms with Crippen molar-refractivity contribution < 1.29 is 0 Å². The first kappa shape index (κ1) is 13.3. The first-order valence-corrected chi connectivity index (χ1v) is 7.55. The molecule has 3 aliphatic rings. The average Bonchev–Trinajstić information content (AvgIpc) is 2.94. The topological polar surface area (TPSA) is 27.3 Å². The third-order valence-corrected chi connectivity index (χ3v) is 4.44. The Hall–Kier alpha value is -0.120. The van der Waals surface area contributed by atoms with Crippen LogP contribution in [0.1, 0.15) is 26.7 Å². The van der Waals surface area contributed by atoms with Crippen molar-refractivity contribution in [2.45, 2.75) is 26.7 Å². The van der Waals surface area contributed by atoms with E-state index in [9.17, 15) is 0 Å². The summed E-state index contributed by atoms with van der Waals surface area (Å²) >= 11 is 0. The van der Waals surface area contributed by atoms with Crippen molar-refractivity contribution >= 4 is 0 Å². The lowest BCUT2D eigenvalue weighted by Crippen LogP contribution is -2.36. The average molecular weight is 239 g/mol. The molecular formula is C14H29N3. The Bertz CT molecular complexity index is 202. The minimum atomic E-state index is 0.965. The van der Waals surface area contributed by atoms with Gasteiger partial charge >= 0.3 is 0 Å². The summed E-state index contributed by atoms with van der Waals surface area (Å²) in [5, 5.41) is 6.96. The summed E-state index contributed by atoms with van der Waals surface area (Å²) in [7, 11) is 0. The Kier molecular flexibility index (Phi) is 5.26. The molecule has 17 heavy (non-hydrogen) atoms. The van der Waals surface area contributed by atoms with Crippen molar-refractivity contribution in [2.24, 2.45) is 17.8 Å². The Morgan fingerprint density at radius 3 is 2.12 bits per heavy atom. The van der Waals surface area contributed by atoms with Gasteiger partial charge in [0.05, 0.1) is 0 Å². The standard InChI is InChI=1S/C12H23N3.C2H6/c1-3-13-4-2-10(1)7-15-8-11-5-14-6-12(11)9-15;1-2/h10-14H,1-9H2;1-2H3. The van der Waals surface area contributed by atoms with Gasteiger partial charge in [0.1, 0.15) is 0 Å². The second-order valence-corrected chi connectivity index (χ2v) is 5.59. The van der Waals surface area contributed by atoms with Gasteiger partial charge in [-0.25, -0.2) is 0 Å². The number of hydrogen-bond acceptors (Lipinski definition) is 3. The fourth-order valence-corrected chi connectivity index (χ4v) is 3.53. The molecule has 0 aromatic carbocycles. The molecule has 0 saturated carbocycles. The van der Waals surface area contributed by atoms with Gasteiger partial charge in [-0.2, -0.15) is 0 Å². The summed E-state index contributed by atoms with van der Waals surface area (Å²) in [5.41, 5.74) is 0. The third-order valence-electron chi connectivity index (χ3n) is 4.44. The van der Waals surface area contributed by atoms with Gasteiger partial charge in [-0.05, 0) is 56.8 Å². The lowest BCUT2D eigenvalue weighted by molar-refractivity contribution is 0.229. The quantitative estimate of drug-likeness (QED) is 0.757. The van der Waals surface area contributed by atoms with Crippen LogP contribution in [-0.2, 0) is 0 Å². The highest BCUT2D eigenvalue weighted by Gasteiger charge is 2.36. The van der Waals surface area contributed by atoms with Crippen LogP contribution in [0.2, 0.25) is 0 Å². The van der Waals surface area contributed by atoms with Crippen LogP contribution in [0.25, 0.3) is 0 Å². The van der Waals surface area contributed by atoms with Gasteiger partial charge in [0.2, 0.25) is 0 Å². The van der Waals surface area contributed by atoms with Crippen LogP contribution in [0.4, 0.5) is 0 Å². The molecule has 3 rings (SSSR count). The molecule has 2 atom stereocenters. The number of nitrogens with zero attached hydrogens (tertiary/aromatic N) is 1. The van der Waals surface area contributed by atoms with E-state index in [4.69, 9.17) is 0 Å². The van der Waals surface area contributed by atoms with E-state index in [1.807, 2.05) is 13.8 Å². The SMILES string of the molecule is C1CC(CN2CC3CNCC3C2)CCN1.CC. The molecule has 3 fully saturated rings. The third kappa shape index (κ3) is 3.43. The van der Waals surface area contributed by atoms with E-state index in [0.717, 1.165) is 17.8 Å². The molecule has 3 nitrogen and oxygen atoms in total. The predicted octanol–water partition coefficient (Wildman–Crippen LogP) is 1.16. The molecule has 100 valence electrons. The van der Waals surface area contributed by atoms with Crippen LogP contribution >= 0.6 is 0 Å². The molecule has 2 N–H and O–H groups in total. The normalized spacial score (nSPS) is 34.2. The van der Waals surface area contributed by atoms with E-state index >= 15 is 0 Å². The van der Waals surface area contributed by atoms with Crippen LogP contribution in [0, 0.1) is 17.8 Å². The second kappa shape index (κ2) is 6.72. The monoisotopic (exact) mass is 239 g/mol. The van der Waals surface area contributed by atoms with Gasteiger partial charge < -0.3 is 15.5 Å². The zero-order valence-corrected chi connectivity index (χ0v) is 11.5. The summed E-state index contributed by atoms with van der Waals surface area (Å²) in [6, 6.07) is 0. The van der Waals surface area contributed by atoms with Crippen molar-refractivity contribution in [3.05, 3.63) is 0 Å². The van der Waals surface area contributed by atoms with E-state index in [2.05, 4.69) is 15.5 Å². The zero-order chi connectivity index (χ0) is 12.1. The van der Waals surface area contributed by atoms with Crippen LogP contribution in [0.3, 0.4) is 0 Å². The second-order valence-electron chi connectivity index (χ2n) is 5.59. The molecule has 0 aromatic heterocycles. The van der Waals surface area contributed by atoms with Gasteiger partial charge in [-0.3, -0.25) is 0 Å². The molecule has 3 heteroatoms. The molecule has 3 heterocycles. The lowest BCUT2D eigenvalue weighted by Gasteiger charge is -2.27. The number of nitrogens with one attached hydrogen (secondary N) is 2. The van der Waals surface area contributed by atoms with E-state index in [0.29, 0.717) is 0 Å². The van der Waals surface area contributed by atoms with E-state index in [1.54, 1.807) is 0 Å². The lowest BCUT2D eigenvalue weighted by atomic mass is 9.98. The minimum Gasteiger partial charge on any atom is -0.317 e. The highest BCUT2D eigenvalue weighted by Crippen LogP contribution is 2.27. The number of piperidine rings is 1. The molecule has 0 aromatic rings. The largest absolute Gasteiger partial charge is 0.317 e. The summed E-state index contributed by atoms with van der Waals surface area (Å²) in [6.45, 7) is 13.1.